The Bertz CT molecular complexity index is 477. The van der Waals surface area contributed by atoms with E-state index < -0.39 is 0 Å². The van der Waals surface area contributed by atoms with Gasteiger partial charge in [-0.1, -0.05) is 34.1 Å². The molecule has 0 radical (unpaired) electrons. The Morgan fingerprint density at radius 2 is 2.26 bits per heavy atom. The molecular formula is C15H18BrNO2. The van der Waals surface area contributed by atoms with E-state index in [0.29, 0.717) is 12.5 Å². The van der Waals surface area contributed by atoms with E-state index in [1.165, 1.54) is 0 Å². The number of hydrogen-bond acceptors (Lipinski definition) is 2. The van der Waals surface area contributed by atoms with Gasteiger partial charge in [-0.25, -0.2) is 0 Å². The topological polar surface area (TPSA) is 29.5 Å². The molecular weight excluding hydrogens is 306 g/mol. The fourth-order valence-corrected chi connectivity index (χ4v) is 3.43. The van der Waals surface area contributed by atoms with E-state index in [-0.39, 0.29) is 11.8 Å². The summed E-state index contributed by atoms with van der Waals surface area (Å²) in [4.78, 5) is 14.5. The van der Waals surface area contributed by atoms with Crippen LogP contribution in [0.2, 0.25) is 0 Å². The molecule has 0 saturated carbocycles. The van der Waals surface area contributed by atoms with E-state index in [0.717, 1.165) is 42.6 Å². The number of carbonyl (C=O) groups excluding carboxylic acids is 1. The van der Waals surface area contributed by atoms with Gasteiger partial charge in [-0.15, -0.1) is 0 Å². The average Bonchev–Trinajstić information content (AvgIpc) is 2.95. The SMILES string of the molecule is O=C(C1COc2ccccc2C1)N1CCC(CBr)C1. The van der Waals surface area contributed by atoms with Gasteiger partial charge in [0.25, 0.3) is 0 Å². The summed E-state index contributed by atoms with van der Waals surface area (Å²) in [5.41, 5.74) is 1.16. The van der Waals surface area contributed by atoms with Crippen molar-refractivity contribution >= 4 is 21.8 Å². The summed E-state index contributed by atoms with van der Waals surface area (Å²) in [5, 5.41) is 0.987. The van der Waals surface area contributed by atoms with Crippen molar-refractivity contribution in [1.29, 1.82) is 0 Å². The molecule has 0 spiro atoms. The van der Waals surface area contributed by atoms with Crippen molar-refractivity contribution in [2.24, 2.45) is 11.8 Å². The third-order valence-corrected chi connectivity index (χ3v) is 4.96. The van der Waals surface area contributed by atoms with Gasteiger partial charge >= 0.3 is 0 Å². The average molecular weight is 324 g/mol. The van der Waals surface area contributed by atoms with Gasteiger partial charge in [0.1, 0.15) is 12.4 Å². The molecule has 3 nitrogen and oxygen atoms in total. The summed E-state index contributed by atoms with van der Waals surface area (Å²) in [5.74, 6) is 1.80. The zero-order chi connectivity index (χ0) is 13.2. The third-order valence-electron chi connectivity index (χ3n) is 4.04. The van der Waals surface area contributed by atoms with Gasteiger partial charge in [0.15, 0.2) is 0 Å². The standard InChI is InChI=1S/C15H18BrNO2/c16-8-11-5-6-17(9-11)15(18)13-7-12-3-1-2-4-14(12)19-10-13/h1-4,11,13H,5-10H2. The van der Waals surface area contributed by atoms with Crippen LogP contribution in [0.25, 0.3) is 0 Å². The molecule has 19 heavy (non-hydrogen) atoms. The summed E-state index contributed by atoms with van der Waals surface area (Å²) < 4.78 is 5.71. The number of halogens is 1. The summed E-state index contributed by atoms with van der Waals surface area (Å²) in [6, 6.07) is 8.01. The molecule has 0 aliphatic carbocycles. The van der Waals surface area contributed by atoms with Crippen LogP contribution >= 0.6 is 15.9 Å². The summed E-state index contributed by atoms with van der Waals surface area (Å²) in [7, 11) is 0. The van der Waals surface area contributed by atoms with Gasteiger partial charge in [-0.2, -0.15) is 0 Å². The Kier molecular flexibility index (Phi) is 3.78. The van der Waals surface area contributed by atoms with Crippen molar-refractivity contribution in [1.82, 2.24) is 4.90 Å². The number of para-hydroxylation sites is 1. The summed E-state index contributed by atoms with van der Waals surface area (Å²) >= 11 is 3.51. The molecule has 2 heterocycles. The molecule has 2 aliphatic rings. The van der Waals surface area contributed by atoms with Crippen LogP contribution in [-0.4, -0.2) is 35.8 Å². The maximum absolute atomic E-state index is 12.5. The first kappa shape index (κ1) is 13.0. The monoisotopic (exact) mass is 323 g/mol. The minimum absolute atomic E-state index is 0.0102. The number of amides is 1. The van der Waals surface area contributed by atoms with E-state index in [2.05, 4.69) is 22.0 Å². The molecule has 2 aliphatic heterocycles. The Morgan fingerprint density at radius 3 is 3.05 bits per heavy atom. The number of carbonyl (C=O) groups is 1. The van der Waals surface area contributed by atoms with Crippen molar-refractivity contribution in [2.75, 3.05) is 25.0 Å². The highest BCUT2D eigenvalue weighted by atomic mass is 79.9. The lowest BCUT2D eigenvalue weighted by Crippen LogP contribution is -2.39. The minimum Gasteiger partial charge on any atom is -0.492 e. The third kappa shape index (κ3) is 2.64. The zero-order valence-corrected chi connectivity index (χ0v) is 12.4. The molecule has 0 aromatic heterocycles. The maximum Gasteiger partial charge on any atom is 0.229 e. The lowest BCUT2D eigenvalue weighted by molar-refractivity contribution is -0.135. The van der Waals surface area contributed by atoms with Crippen molar-refractivity contribution < 1.29 is 9.53 Å². The second-order valence-electron chi connectivity index (χ2n) is 5.41. The van der Waals surface area contributed by atoms with Crippen LogP contribution in [0.5, 0.6) is 5.75 Å². The van der Waals surface area contributed by atoms with Crippen LogP contribution in [0.3, 0.4) is 0 Å². The fraction of sp³-hybridized carbons (Fsp3) is 0.533. The molecule has 0 bridgehead atoms. The number of alkyl halides is 1. The van der Waals surface area contributed by atoms with E-state index in [4.69, 9.17) is 4.74 Å². The fourth-order valence-electron chi connectivity index (χ4n) is 2.90. The molecule has 1 amide bonds. The smallest absolute Gasteiger partial charge is 0.229 e. The first-order chi connectivity index (χ1) is 9.28. The van der Waals surface area contributed by atoms with E-state index in [1.807, 2.05) is 23.1 Å². The highest BCUT2D eigenvalue weighted by Gasteiger charge is 2.33. The Labute approximate surface area is 122 Å². The highest BCUT2D eigenvalue weighted by molar-refractivity contribution is 9.09. The molecule has 0 N–H and O–H groups in total. The number of rotatable bonds is 2. The van der Waals surface area contributed by atoms with Crippen LogP contribution in [-0.2, 0) is 11.2 Å². The lowest BCUT2D eigenvalue weighted by atomic mass is 9.95. The van der Waals surface area contributed by atoms with E-state index in [9.17, 15) is 4.79 Å². The van der Waals surface area contributed by atoms with Crippen molar-refractivity contribution in [2.45, 2.75) is 12.8 Å². The van der Waals surface area contributed by atoms with Gasteiger partial charge in [-0.3, -0.25) is 4.79 Å². The van der Waals surface area contributed by atoms with Crippen LogP contribution in [0.15, 0.2) is 24.3 Å². The quantitative estimate of drug-likeness (QED) is 0.782. The second-order valence-corrected chi connectivity index (χ2v) is 6.06. The first-order valence-corrected chi connectivity index (χ1v) is 7.95. The number of nitrogens with zero attached hydrogens (tertiary/aromatic N) is 1. The van der Waals surface area contributed by atoms with Gasteiger partial charge in [0, 0.05) is 18.4 Å². The summed E-state index contributed by atoms with van der Waals surface area (Å²) in [6.07, 6.45) is 1.92. The predicted molar refractivity (Wildman–Crippen MR) is 77.6 cm³/mol. The lowest BCUT2D eigenvalue weighted by Gasteiger charge is -2.28. The molecule has 102 valence electrons. The molecule has 1 saturated heterocycles. The van der Waals surface area contributed by atoms with Gasteiger partial charge in [0.05, 0.1) is 5.92 Å². The highest BCUT2D eigenvalue weighted by Crippen LogP contribution is 2.29. The molecule has 1 fully saturated rings. The molecule has 2 atom stereocenters. The number of fused-ring (bicyclic) bond motifs is 1. The second kappa shape index (κ2) is 5.53. The molecule has 4 heteroatoms. The Morgan fingerprint density at radius 1 is 1.42 bits per heavy atom. The Hall–Kier alpha value is -1.03. The number of benzene rings is 1. The Balaban J connectivity index is 1.66. The minimum atomic E-state index is -0.0102. The van der Waals surface area contributed by atoms with Crippen LogP contribution in [0.4, 0.5) is 0 Å². The van der Waals surface area contributed by atoms with Gasteiger partial charge < -0.3 is 9.64 Å². The first-order valence-electron chi connectivity index (χ1n) is 6.83. The van der Waals surface area contributed by atoms with E-state index in [1.54, 1.807) is 0 Å². The number of hydrogen-bond donors (Lipinski definition) is 0. The van der Waals surface area contributed by atoms with Crippen molar-refractivity contribution in [3.63, 3.8) is 0 Å². The maximum atomic E-state index is 12.5. The van der Waals surface area contributed by atoms with Crippen molar-refractivity contribution in [3.05, 3.63) is 29.8 Å². The molecule has 1 aromatic rings. The summed E-state index contributed by atoms with van der Waals surface area (Å²) in [6.45, 7) is 2.31. The molecule has 1 aromatic carbocycles. The van der Waals surface area contributed by atoms with Crippen molar-refractivity contribution in [3.8, 4) is 5.75 Å². The number of ether oxygens (including phenoxy) is 1. The van der Waals surface area contributed by atoms with Crippen LogP contribution in [0.1, 0.15) is 12.0 Å². The predicted octanol–water partition coefficient (Wildman–Crippen LogP) is 2.48. The number of likely N-dealkylation sites (tertiary alicyclic amines) is 1. The molecule has 2 unspecified atom stereocenters. The largest absolute Gasteiger partial charge is 0.492 e. The van der Waals surface area contributed by atoms with Gasteiger partial charge in [0.2, 0.25) is 5.91 Å². The zero-order valence-electron chi connectivity index (χ0n) is 10.8. The van der Waals surface area contributed by atoms with Crippen LogP contribution in [0, 0.1) is 11.8 Å². The molecule has 3 rings (SSSR count). The van der Waals surface area contributed by atoms with Gasteiger partial charge in [-0.05, 0) is 30.4 Å². The van der Waals surface area contributed by atoms with Crippen LogP contribution < -0.4 is 4.74 Å². The normalized spacial score (nSPS) is 25.8. The van der Waals surface area contributed by atoms with E-state index >= 15 is 0 Å².